The Morgan fingerprint density at radius 1 is 1.07 bits per heavy atom. The van der Waals surface area contributed by atoms with Crippen molar-refractivity contribution >= 4 is 11.8 Å². The van der Waals surface area contributed by atoms with Gasteiger partial charge >= 0.3 is 0 Å². The second-order valence-electron chi connectivity index (χ2n) is 8.28. The van der Waals surface area contributed by atoms with Gasteiger partial charge < -0.3 is 15.0 Å². The van der Waals surface area contributed by atoms with Crippen molar-refractivity contribution in [1.82, 2.24) is 10.2 Å². The molecule has 0 aliphatic rings. The van der Waals surface area contributed by atoms with Crippen molar-refractivity contribution in [1.29, 1.82) is 0 Å². The average Bonchev–Trinajstić information content (AvgIpc) is 2.65. The molecule has 0 saturated heterocycles. The number of hydrogen-bond donors (Lipinski definition) is 1. The van der Waals surface area contributed by atoms with Gasteiger partial charge in [0.15, 0.2) is 6.61 Å². The Labute approximate surface area is 174 Å². The molecule has 1 atom stereocenters. The standard InChI is InChI=1S/C24H32N2O3/c1-6-21(23(28)25-24(3,4)5)26(16-19-12-10-11-18(2)15-19)22(27)17-29-20-13-8-7-9-14-20/h7-15,21H,6,16-17H2,1-5H3,(H,25,28)/t21-/m0/s1. The number of carbonyl (C=O) groups is 2. The molecule has 2 aromatic carbocycles. The van der Waals surface area contributed by atoms with Crippen LogP contribution >= 0.6 is 0 Å². The van der Waals surface area contributed by atoms with Gasteiger partial charge in [-0.1, -0.05) is 55.0 Å². The molecule has 2 aromatic rings. The van der Waals surface area contributed by atoms with Crippen molar-refractivity contribution in [3.8, 4) is 5.75 Å². The molecule has 0 aliphatic carbocycles. The summed E-state index contributed by atoms with van der Waals surface area (Å²) >= 11 is 0. The summed E-state index contributed by atoms with van der Waals surface area (Å²) in [6, 6.07) is 16.6. The molecule has 1 N–H and O–H groups in total. The summed E-state index contributed by atoms with van der Waals surface area (Å²) in [4.78, 5) is 27.6. The van der Waals surface area contributed by atoms with Crippen LogP contribution in [0.1, 0.15) is 45.2 Å². The van der Waals surface area contributed by atoms with E-state index in [1.54, 1.807) is 4.90 Å². The second kappa shape index (κ2) is 10.1. The van der Waals surface area contributed by atoms with E-state index in [1.807, 2.05) is 89.2 Å². The van der Waals surface area contributed by atoms with E-state index in [1.165, 1.54) is 0 Å². The lowest BCUT2D eigenvalue weighted by Gasteiger charge is -2.33. The maximum Gasteiger partial charge on any atom is 0.261 e. The number of hydrogen-bond acceptors (Lipinski definition) is 3. The average molecular weight is 397 g/mol. The quantitative estimate of drug-likeness (QED) is 0.731. The first-order valence-electron chi connectivity index (χ1n) is 10.0. The number of carbonyl (C=O) groups excluding carboxylic acids is 2. The molecule has 5 nitrogen and oxygen atoms in total. The number of para-hydroxylation sites is 1. The van der Waals surface area contributed by atoms with Crippen LogP contribution in [0.5, 0.6) is 5.75 Å². The van der Waals surface area contributed by atoms with Crippen LogP contribution in [0.25, 0.3) is 0 Å². The highest BCUT2D eigenvalue weighted by atomic mass is 16.5. The molecule has 0 spiro atoms. The third kappa shape index (κ3) is 7.26. The fraction of sp³-hybridized carbons (Fsp3) is 0.417. The first-order valence-corrected chi connectivity index (χ1v) is 10.0. The van der Waals surface area contributed by atoms with Gasteiger partial charge in [-0.15, -0.1) is 0 Å². The minimum atomic E-state index is -0.568. The van der Waals surface area contributed by atoms with Gasteiger partial charge in [0.1, 0.15) is 11.8 Å². The zero-order valence-corrected chi connectivity index (χ0v) is 18.1. The third-order valence-electron chi connectivity index (χ3n) is 4.43. The highest BCUT2D eigenvalue weighted by Gasteiger charge is 2.30. The largest absolute Gasteiger partial charge is 0.484 e. The van der Waals surface area contributed by atoms with Gasteiger partial charge in [-0.05, 0) is 51.8 Å². The second-order valence-corrected chi connectivity index (χ2v) is 8.28. The number of aryl methyl sites for hydroxylation is 1. The van der Waals surface area contributed by atoms with Crippen LogP contribution in [0.2, 0.25) is 0 Å². The van der Waals surface area contributed by atoms with Crippen molar-refractivity contribution < 1.29 is 14.3 Å². The zero-order chi connectivity index (χ0) is 21.4. The van der Waals surface area contributed by atoms with Crippen molar-refractivity contribution in [3.05, 3.63) is 65.7 Å². The Bertz CT molecular complexity index is 812. The Balaban J connectivity index is 2.22. The minimum absolute atomic E-state index is 0.116. The van der Waals surface area contributed by atoms with Crippen LogP contribution in [0, 0.1) is 6.92 Å². The number of ether oxygens (including phenoxy) is 1. The van der Waals surface area contributed by atoms with Crippen LogP contribution in [-0.2, 0) is 16.1 Å². The maximum absolute atomic E-state index is 13.1. The molecule has 5 heteroatoms. The van der Waals surface area contributed by atoms with Crippen molar-refractivity contribution in [2.24, 2.45) is 0 Å². The predicted octanol–water partition coefficient (Wildman–Crippen LogP) is 4.10. The van der Waals surface area contributed by atoms with Crippen LogP contribution in [0.3, 0.4) is 0 Å². The van der Waals surface area contributed by atoms with Crippen LogP contribution in [0.4, 0.5) is 0 Å². The normalized spacial score (nSPS) is 12.2. The van der Waals surface area contributed by atoms with Gasteiger partial charge in [0.25, 0.3) is 5.91 Å². The number of amides is 2. The van der Waals surface area contributed by atoms with Gasteiger partial charge in [0, 0.05) is 12.1 Å². The number of nitrogens with zero attached hydrogens (tertiary/aromatic N) is 1. The van der Waals surface area contributed by atoms with E-state index in [-0.39, 0.29) is 24.0 Å². The van der Waals surface area contributed by atoms with Gasteiger partial charge in [-0.2, -0.15) is 0 Å². The van der Waals surface area contributed by atoms with E-state index in [0.717, 1.165) is 11.1 Å². The smallest absolute Gasteiger partial charge is 0.261 e. The molecule has 0 bridgehead atoms. The summed E-state index contributed by atoms with van der Waals surface area (Å²) in [5.41, 5.74) is 1.73. The van der Waals surface area contributed by atoms with E-state index < -0.39 is 6.04 Å². The van der Waals surface area contributed by atoms with Gasteiger partial charge in [-0.25, -0.2) is 0 Å². The molecule has 0 saturated carbocycles. The van der Waals surface area contributed by atoms with Crippen molar-refractivity contribution in [2.75, 3.05) is 6.61 Å². The number of benzene rings is 2. The molecule has 0 unspecified atom stereocenters. The zero-order valence-electron chi connectivity index (χ0n) is 18.1. The summed E-state index contributed by atoms with van der Waals surface area (Å²) in [5.74, 6) is 0.260. The van der Waals surface area contributed by atoms with Crippen LogP contribution in [0.15, 0.2) is 54.6 Å². The number of rotatable bonds is 8. The first kappa shape index (κ1) is 22.5. The lowest BCUT2D eigenvalue weighted by molar-refractivity contribution is -0.143. The van der Waals surface area contributed by atoms with Crippen LogP contribution < -0.4 is 10.1 Å². The molecule has 0 aliphatic heterocycles. The SMILES string of the molecule is CC[C@@H](C(=O)NC(C)(C)C)N(Cc1cccc(C)c1)C(=O)COc1ccccc1. The predicted molar refractivity (Wildman–Crippen MR) is 116 cm³/mol. The summed E-state index contributed by atoms with van der Waals surface area (Å²) in [6.45, 7) is 9.97. The molecule has 2 rings (SSSR count). The van der Waals surface area contributed by atoms with E-state index in [9.17, 15) is 9.59 Å². The van der Waals surface area contributed by atoms with Gasteiger partial charge in [-0.3, -0.25) is 9.59 Å². The molecule has 29 heavy (non-hydrogen) atoms. The van der Waals surface area contributed by atoms with Gasteiger partial charge in [0.2, 0.25) is 5.91 Å². The molecular formula is C24H32N2O3. The number of nitrogens with one attached hydrogen (secondary N) is 1. The summed E-state index contributed by atoms with van der Waals surface area (Å²) in [6.07, 6.45) is 0.519. The lowest BCUT2D eigenvalue weighted by Crippen LogP contribution is -2.54. The van der Waals surface area contributed by atoms with E-state index >= 15 is 0 Å². The summed E-state index contributed by atoms with van der Waals surface area (Å²) < 4.78 is 5.66. The molecule has 0 radical (unpaired) electrons. The van der Waals surface area contributed by atoms with Crippen LogP contribution in [-0.4, -0.2) is 34.9 Å². The Morgan fingerprint density at radius 2 is 1.76 bits per heavy atom. The molecule has 156 valence electrons. The topological polar surface area (TPSA) is 58.6 Å². The third-order valence-corrected chi connectivity index (χ3v) is 4.43. The Morgan fingerprint density at radius 3 is 2.34 bits per heavy atom. The summed E-state index contributed by atoms with van der Waals surface area (Å²) in [7, 11) is 0. The first-order chi connectivity index (χ1) is 13.7. The maximum atomic E-state index is 13.1. The molecule has 0 heterocycles. The fourth-order valence-corrected chi connectivity index (χ4v) is 3.12. The van der Waals surface area contributed by atoms with Crippen molar-refractivity contribution in [3.63, 3.8) is 0 Å². The van der Waals surface area contributed by atoms with E-state index in [2.05, 4.69) is 5.32 Å². The molecule has 2 amide bonds. The van der Waals surface area contributed by atoms with Gasteiger partial charge in [0.05, 0.1) is 0 Å². The summed E-state index contributed by atoms with van der Waals surface area (Å²) in [5, 5.41) is 3.00. The highest BCUT2D eigenvalue weighted by Crippen LogP contribution is 2.16. The fourth-order valence-electron chi connectivity index (χ4n) is 3.12. The lowest BCUT2D eigenvalue weighted by atomic mass is 10.1. The van der Waals surface area contributed by atoms with Crippen molar-refractivity contribution in [2.45, 2.75) is 59.2 Å². The Kier molecular flexibility index (Phi) is 7.82. The molecular weight excluding hydrogens is 364 g/mol. The van der Waals surface area contributed by atoms with E-state index in [4.69, 9.17) is 4.74 Å². The van der Waals surface area contributed by atoms with E-state index in [0.29, 0.717) is 18.7 Å². The Hall–Kier alpha value is -2.82. The monoisotopic (exact) mass is 396 g/mol. The highest BCUT2D eigenvalue weighted by molar-refractivity contribution is 5.88. The molecule has 0 aromatic heterocycles. The minimum Gasteiger partial charge on any atom is -0.484 e. The molecule has 0 fully saturated rings.